The van der Waals surface area contributed by atoms with Crippen LogP contribution in [0.1, 0.15) is 20.3 Å². The minimum Gasteiger partial charge on any atom is -0.393 e. The summed E-state index contributed by atoms with van der Waals surface area (Å²) in [5, 5.41) is 9.35. The quantitative estimate of drug-likeness (QED) is 0.599. The van der Waals surface area contributed by atoms with Gasteiger partial charge >= 0.3 is 0 Å². The van der Waals surface area contributed by atoms with Crippen LogP contribution in [0, 0.1) is 11.8 Å². The summed E-state index contributed by atoms with van der Waals surface area (Å²) in [6, 6.07) is 0. The van der Waals surface area contributed by atoms with E-state index in [0.29, 0.717) is 11.8 Å². The number of hydrogen-bond acceptors (Lipinski definition) is 2. The van der Waals surface area contributed by atoms with Crippen LogP contribution in [0.15, 0.2) is 11.6 Å². The maximum atomic E-state index is 9.35. The smallest absolute Gasteiger partial charge is 0.115 e. The Balaban J connectivity index is 2.31. The maximum absolute atomic E-state index is 9.35. The standard InChI is InChI=1S/C10H16O2/c1-7-5-12-10(6-11)8(2)3-4-9(7)10/h3,7,9,11H,4-6H2,1-2H3/t7-,9-,10-/m0/s1. The molecule has 0 unspecified atom stereocenters. The highest BCUT2D eigenvalue weighted by atomic mass is 16.5. The second kappa shape index (κ2) is 2.57. The molecule has 12 heavy (non-hydrogen) atoms. The van der Waals surface area contributed by atoms with E-state index < -0.39 is 0 Å². The summed E-state index contributed by atoms with van der Waals surface area (Å²) in [6.07, 6.45) is 3.28. The van der Waals surface area contributed by atoms with Crippen molar-refractivity contribution in [1.29, 1.82) is 0 Å². The topological polar surface area (TPSA) is 29.5 Å². The molecule has 1 fully saturated rings. The second-order valence-corrected chi connectivity index (χ2v) is 4.07. The number of allylic oxidation sites excluding steroid dienone is 1. The predicted octanol–water partition coefficient (Wildman–Crippen LogP) is 1.35. The van der Waals surface area contributed by atoms with E-state index in [-0.39, 0.29) is 12.2 Å². The molecule has 0 aromatic carbocycles. The van der Waals surface area contributed by atoms with Gasteiger partial charge in [-0.2, -0.15) is 0 Å². The van der Waals surface area contributed by atoms with Crippen molar-refractivity contribution in [3.63, 3.8) is 0 Å². The second-order valence-electron chi connectivity index (χ2n) is 4.07. The average molecular weight is 168 g/mol. The normalized spacial score (nSPS) is 46.1. The van der Waals surface area contributed by atoms with Crippen LogP contribution in [-0.4, -0.2) is 23.9 Å². The van der Waals surface area contributed by atoms with Crippen LogP contribution < -0.4 is 0 Å². The lowest BCUT2D eigenvalue weighted by Gasteiger charge is -2.29. The van der Waals surface area contributed by atoms with Gasteiger partial charge < -0.3 is 9.84 Å². The molecule has 3 atom stereocenters. The van der Waals surface area contributed by atoms with Crippen LogP contribution in [0.2, 0.25) is 0 Å². The molecule has 2 rings (SSSR count). The first-order chi connectivity index (χ1) is 5.70. The van der Waals surface area contributed by atoms with Crippen molar-refractivity contribution in [3.05, 3.63) is 11.6 Å². The van der Waals surface area contributed by atoms with Gasteiger partial charge in [0.15, 0.2) is 0 Å². The minimum absolute atomic E-state index is 0.143. The summed E-state index contributed by atoms with van der Waals surface area (Å²) >= 11 is 0. The van der Waals surface area contributed by atoms with Crippen molar-refractivity contribution in [2.75, 3.05) is 13.2 Å². The lowest BCUT2D eigenvalue weighted by atomic mass is 9.82. The first-order valence-electron chi connectivity index (χ1n) is 4.63. The van der Waals surface area contributed by atoms with Crippen molar-refractivity contribution < 1.29 is 9.84 Å². The van der Waals surface area contributed by atoms with E-state index in [9.17, 15) is 5.11 Å². The van der Waals surface area contributed by atoms with Gasteiger partial charge in [0.2, 0.25) is 0 Å². The van der Waals surface area contributed by atoms with Gasteiger partial charge in [-0.1, -0.05) is 13.0 Å². The average Bonchev–Trinajstić information content (AvgIpc) is 2.55. The number of ether oxygens (including phenoxy) is 1. The van der Waals surface area contributed by atoms with Crippen LogP contribution in [0.4, 0.5) is 0 Å². The fourth-order valence-corrected chi connectivity index (χ4v) is 2.56. The lowest BCUT2D eigenvalue weighted by molar-refractivity contribution is -0.0255. The molecule has 0 aromatic rings. The molecule has 0 aromatic heterocycles. The van der Waals surface area contributed by atoms with Gasteiger partial charge in [0.05, 0.1) is 13.2 Å². The van der Waals surface area contributed by atoms with Gasteiger partial charge in [-0.05, 0) is 24.8 Å². The fourth-order valence-electron chi connectivity index (χ4n) is 2.56. The zero-order valence-corrected chi connectivity index (χ0v) is 7.71. The highest BCUT2D eigenvalue weighted by molar-refractivity contribution is 5.26. The first-order valence-corrected chi connectivity index (χ1v) is 4.63. The number of hydrogen-bond donors (Lipinski definition) is 1. The molecule has 68 valence electrons. The molecule has 1 heterocycles. The SMILES string of the molecule is CC1=CC[C@H]2[C@@H](C)CO[C@@]12CO. The fraction of sp³-hybridized carbons (Fsp3) is 0.800. The van der Waals surface area contributed by atoms with Crippen molar-refractivity contribution in [3.8, 4) is 0 Å². The molecule has 0 amide bonds. The summed E-state index contributed by atoms with van der Waals surface area (Å²) < 4.78 is 5.72. The number of aliphatic hydroxyl groups is 1. The van der Waals surface area contributed by atoms with E-state index in [2.05, 4.69) is 19.9 Å². The summed E-state index contributed by atoms with van der Waals surface area (Å²) in [6.45, 7) is 5.21. The third-order valence-electron chi connectivity index (χ3n) is 3.47. The molecule has 2 heteroatoms. The summed E-state index contributed by atoms with van der Waals surface area (Å²) in [4.78, 5) is 0. The zero-order chi connectivity index (χ0) is 8.77. The van der Waals surface area contributed by atoms with Crippen molar-refractivity contribution in [2.24, 2.45) is 11.8 Å². The van der Waals surface area contributed by atoms with Crippen LogP contribution >= 0.6 is 0 Å². The third kappa shape index (κ3) is 0.824. The lowest BCUT2D eigenvalue weighted by Crippen LogP contribution is -2.38. The van der Waals surface area contributed by atoms with E-state index in [1.807, 2.05) is 0 Å². The molecule has 1 aliphatic heterocycles. The largest absolute Gasteiger partial charge is 0.393 e. The monoisotopic (exact) mass is 168 g/mol. The molecule has 0 bridgehead atoms. The molecule has 0 spiro atoms. The van der Waals surface area contributed by atoms with E-state index in [0.717, 1.165) is 13.0 Å². The Morgan fingerprint density at radius 3 is 3.08 bits per heavy atom. The third-order valence-corrected chi connectivity index (χ3v) is 3.47. The molecule has 2 aliphatic rings. The molecule has 0 saturated carbocycles. The predicted molar refractivity (Wildman–Crippen MR) is 46.8 cm³/mol. The van der Waals surface area contributed by atoms with Gasteiger partial charge in [-0.25, -0.2) is 0 Å². The molecule has 1 aliphatic carbocycles. The van der Waals surface area contributed by atoms with Gasteiger partial charge in [-0.3, -0.25) is 0 Å². The van der Waals surface area contributed by atoms with Gasteiger partial charge in [0, 0.05) is 5.92 Å². The Hall–Kier alpha value is -0.340. The molecule has 0 radical (unpaired) electrons. The zero-order valence-electron chi connectivity index (χ0n) is 7.71. The highest BCUT2D eigenvalue weighted by Crippen LogP contribution is 2.47. The van der Waals surface area contributed by atoms with Crippen LogP contribution in [0.3, 0.4) is 0 Å². The molecular formula is C10H16O2. The Labute approximate surface area is 73.2 Å². The van der Waals surface area contributed by atoms with E-state index in [1.165, 1.54) is 5.57 Å². The minimum atomic E-state index is -0.306. The highest BCUT2D eigenvalue weighted by Gasteiger charge is 2.51. The van der Waals surface area contributed by atoms with E-state index in [4.69, 9.17) is 4.74 Å². The van der Waals surface area contributed by atoms with Gasteiger partial charge in [0.25, 0.3) is 0 Å². The Bertz CT molecular complexity index is 222. The summed E-state index contributed by atoms with van der Waals surface area (Å²) in [5.41, 5.74) is 0.915. The molecule has 2 nitrogen and oxygen atoms in total. The van der Waals surface area contributed by atoms with Gasteiger partial charge in [0.1, 0.15) is 5.60 Å². The number of rotatable bonds is 1. The number of aliphatic hydroxyl groups excluding tert-OH is 1. The summed E-state index contributed by atoms with van der Waals surface area (Å²) in [7, 11) is 0. The Morgan fingerprint density at radius 1 is 1.75 bits per heavy atom. The molecular weight excluding hydrogens is 152 g/mol. The van der Waals surface area contributed by atoms with Crippen molar-refractivity contribution in [2.45, 2.75) is 25.9 Å². The maximum Gasteiger partial charge on any atom is 0.115 e. The van der Waals surface area contributed by atoms with Crippen LogP contribution in [0.5, 0.6) is 0 Å². The molecule has 1 N–H and O–H groups in total. The van der Waals surface area contributed by atoms with Crippen LogP contribution in [0.25, 0.3) is 0 Å². The van der Waals surface area contributed by atoms with Gasteiger partial charge in [-0.15, -0.1) is 0 Å². The van der Waals surface area contributed by atoms with Crippen molar-refractivity contribution >= 4 is 0 Å². The Morgan fingerprint density at radius 2 is 2.50 bits per heavy atom. The van der Waals surface area contributed by atoms with E-state index in [1.54, 1.807) is 0 Å². The van der Waals surface area contributed by atoms with Crippen LogP contribution in [-0.2, 0) is 4.74 Å². The first kappa shape index (κ1) is 8.27. The van der Waals surface area contributed by atoms with Crippen molar-refractivity contribution in [1.82, 2.24) is 0 Å². The Kier molecular flexibility index (Phi) is 1.77. The molecule has 1 saturated heterocycles. The summed E-state index contributed by atoms with van der Waals surface area (Å²) in [5.74, 6) is 1.10. The van der Waals surface area contributed by atoms with E-state index >= 15 is 0 Å². The number of fused-ring (bicyclic) bond motifs is 1.